The molecule has 0 radical (unpaired) electrons. The minimum Gasteiger partial charge on any atom is -0.486 e. The van der Waals surface area contributed by atoms with E-state index in [2.05, 4.69) is 15.6 Å². The second-order valence-electron chi connectivity index (χ2n) is 7.16. The Balaban J connectivity index is 1.59. The molecular weight excluding hydrogens is 394 g/mol. The number of halogens is 1. The van der Waals surface area contributed by atoms with E-state index in [0.717, 1.165) is 17.7 Å². The smallest absolute Gasteiger partial charge is 0.191 e. The lowest BCUT2D eigenvalue weighted by Gasteiger charge is -2.21. The van der Waals surface area contributed by atoms with Crippen LogP contribution in [-0.2, 0) is 12.0 Å². The van der Waals surface area contributed by atoms with E-state index >= 15 is 0 Å². The van der Waals surface area contributed by atoms with Gasteiger partial charge in [0.2, 0.25) is 0 Å². The number of guanidine groups is 1. The Labute approximate surface area is 176 Å². The van der Waals surface area contributed by atoms with Crippen LogP contribution < -0.4 is 20.1 Å². The van der Waals surface area contributed by atoms with Gasteiger partial charge in [-0.2, -0.15) is 0 Å². The summed E-state index contributed by atoms with van der Waals surface area (Å²) in [6, 6.07) is 7.45. The van der Waals surface area contributed by atoms with Crippen LogP contribution in [0.5, 0.6) is 11.5 Å². The van der Waals surface area contributed by atoms with Gasteiger partial charge in [0, 0.05) is 13.1 Å². The zero-order chi connectivity index (χ0) is 20.9. The van der Waals surface area contributed by atoms with Crippen molar-refractivity contribution in [3.63, 3.8) is 0 Å². The summed E-state index contributed by atoms with van der Waals surface area (Å²) in [6.45, 7) is 8.09. The van der Waals surface area contributed by atoms with Crippen LogP contribution in [0.2, 0.25) is 5.02 Å². The van der Waals surface area contributed by atoms with Gasteiger partial charge in [0.05, 0.1) is 11.6 Å². The summed E-state index contributed by atoms with van der Waals surface area (Å²) in [6.07, 6.45) is 0.731. The van der Waals surface area contributed by atoms with Crippen LogP contribution in [0.3, 0.4) is 0 Å². The molecule has 0 saturated carbocycles. The predicted molar refractivity (Wildman–Crippen MR) is 113 cm³/mol. The Morgan fingerprint density at radius 2 is 2.03 bits per heavy atom. The first-order valence-corrected chi connectivity index (χ1v) is 10.2. The molecule has 158 valence electrons. The summed E-state index contributed by atoms with van der Waals surface area (Å²) < 4.78 is 16.7. The maximum Gasteiger partial charge on any atom is 0.191 e. The molecule has 2 heterocycles. The van der Waals surface area contributed by atoms with Gasteiger partial charge in [0.1, 0.15) is 30.3 Å². The molecule has 1 aromatic heterocycles. The number of furan rings is 1. The number of rotatable bonds is 7. The van der Waals surface area contributed by atoms with Gasteiger partial charge < -0.3 is 29.6 Å². The minimum atomic E-state index is -1.18. The quantitative estimate of drug-likeness (QED) is 0.470. The van der Waals surface area contributed by atoms with Crippen LogP contribution in [0.25, 0.3) is 0 Å². The van der Waals surface area contributed by atoms with E-state index in [1.807, 2.05) is 32.0 Å². The molecular formula is C21H28ClN3O4. The summed E-state index contributed by atoms with van der Waals surface area (Å²) in [4.78, 5) is 4.50. The van der Waals surface area contributed by atoms with Crippen LogP contribution in [0.1, 0.15) is 30.9 Å². The highest BCUT2D eigenvalue weighted by molar-refractivity contribution is 6.32. The number of aliphatic imine (C=N–C) groups is 1. The van der Waals surface area contributed by atoms with Gasteiger partial charge in [-0.3, -0.25) is 0 Å². The highest BCUT2D eigenvalue weighted by Gasteiger charge is 2.26. The van der Waals surface area contributed by atoms with Crippen molar-refractivity contribution >= 4 is 17.6 Å². The molecule has 0 amide bonds. The van der Waals surface area contributed by atoms with Crippen molar-refractivity contribution in [1.82, 2.24) is 10.6 Å². The second kappa shape index (κ2) is 9.41. The van der Waals surface area contributed by atoms with E-state index in [-0.39, 0.29) is 6.54 Å². The first-order valence-electron chi connectivity index (χ1n) is 9.78. The highest BCUT2D eigenvalue weighted by Crippen LogP contribution is 2.38. The Hall–Kier alpha value is -2.38. The number of aryl methyl sites for hydroxylation is 1. The number of aliphatic hydroxyl groups is 1. The lowest BCUT2D eigenvalue weighted by Crippen LogP contribution is -2.39. The molecule has 29 heavy (non-hydrogen) atoms. The Bertz CT molecular complexity index is 864. The van der Waals surface area contributed by atoms with E-state index in [9.17, 15) is 5.11 Å². The molecule has 0 saturated heterocycles. The average Bonchev–Trinajstić information content (AvgIpc) is 3.14. The van der Waals surface area contributed by atoms with Gasteiger partial charge in [-0.25, -0.2) is 4.99 Å². The number of ether oxygens (including phenoxy) is 2. The van der Waals surface area contributed by atoms with Gasteiger partial charge >= 0.3 is 0 Å². The third kappa shape index (κ3) is 5.58. The van der Waals surface area contributed by atoms with Gasteiger partial charge in [-0.15, -0.1) is 0 Å². The normalized spacial score (nSPS) is 15.7. The van der Waals surface area contributed by atoms with E-state index in [4.69, 9.17) is 25.5 Å². The fourth-order valence-corrected chi connectivity index (χ4v) is 3.30. The number of hydrogen-bond acceptors (Lipinski definition) is 5. The molecule has 0 spiro atoms. The lowest BCUT2D eigenvalue weighted by molar-refractivity contribution is 0.0428. The van der Waals surface area contributed by atoms with Gasteiger partial charge in [-0.05, 0) is 57.0 Å². The molecule has 8 heteroatoms. The van der Waals surface area contributed by atoms with Crippen molar-refractivity contribution in [1.29, 1.82) is 0 Å². The van der Waals surface area contributed by atoms with Crippen LogP contribution in [0.15, 0.2) is 33.7 Å². The topological polar surface area (TPSA) is 88.3 Å². The molecule has 1 unspecified atom stereocenters. The molecule has 0 fully saturated rings. The van der Waals surface area contributed by atoms with Crippen molar-refractivity contribution in [2.75, 3.05) is 32.8 Å². The summed E-state index contributed by atoms with van der Waals surface area (Å²) in [5, 5.41) is 17.7. The lowest BCUT2D eigenvalue weighted by atomic mass is 10.0. The maximum absolute atomic E-state index is 10.7. The van der Waals surface area contributed by atoms with E-state index in [1.54, 1.807) is 13.0 Å². The van der Waals surface area contributed by atoms with Crippen molar-refractivity contribution in [2.45, 2.75) is 32.8 Å². The summed E-state index contributed by atoms with van der Waals surface area (Å²) in [5.41, 5.74) is -0.138. The van der Waals surface area contributed by atoms with Gasteiger partial charge in [0.15, 0.2) is 17.5 Å². The molecule has 1 aliphatic rings. The molecule has 7 nitrogen and oxygen atoms in total. The second-order valence-corrected chi connectivity index (χ2v) is 7.57. The molecule has 1 aromatic carbocycles. The third-order valence-corrected chi connectivity index (χ3v) is 4.80. The first kappa shape index (κ1) is 21.3. The van der Waals surface area contributed by atoms with Crippen LogP contribution in [0.4, 0.5) is 0 Å². The number of fused-ring (bicyclic) bond motifs is 1. The molecule has 0 bridgehead atoms. The van der Waals surface area contributed by atoms with Crippen molar-refractivity contribution < 1.29 is 19.0 Å². The monoisotopic (exact) mass is 421 g/mol. The Morgan fingerprint density at radius 1 is 1.24 bits per heavy atom. The fourth-order valence-electron chi connectivity index (χ4n) is 3.01. The standard InChI is InChI=1S/C21H28ClN3O4/c1-4-23-20(25-13-21(3,26)18-6-5-14(2)29-18)24-8-7-15-11-16(22)19-17(12-15)27-9-10-28-19/h5-6,11-12,26H,4,7-10,13H2,1-3H3,(H2,23,24,25). The van der Waals surface area contributed by atoms with E-state index < -0.39 is 5.60 Å². The number of benzene rings is 1. The van der Waals surface area contributed by atoms with Gasteiger partial charge in [-0.1, -0.05) is 11.6 Å². The Morgan fingerprint density at radius 3 is 2.76 bits per heavy atom. The van der Waals surface area contributed by atoms with Crippen molar-refractivity contribution in [3.8, 4) is 11.5 Å². The zero-order valence-electron chi connectivity index (χ0n) is 17.0. The maximum atomic E-state index is 10.7. The Kier molecular flexibility index (Phi) is 6.92. The SMILES string of the molecule is CCNC(=NCC(C)(O)c1ccc(C)o1)NCCc1cc(Cl)c2c(c1)OCCO2. The van der Waals surface area contributed by atoms with E-state index in [1.165, 1.54) is 0 Å². The molecule has 0 aliphatic carbocycles. The summed E-state index contributed by atoms with van der Waals surface area (Å²) in [5.74, 6) is 3.18. The molecule has 1 atom stereocenters. The number of nitrogens with zero attached hydrogens (tertiary/aromatic N) is 1. The van der Waals surface area contributed by atoms with E-state index in [0.29, 0.717) is 54.5 Å². The molecule has 1 aliphatic heterocycles. The largest absolute Gasteiger partial charge is 0.486 e. The number of hydrogen-bond donors (Lipinski definition) is 3. The van der Waals surface area contributed by atoms with Crippen LogP contribution in [0, 0.1) is 6.92 Å². The minimum absolute atomic E-state index is 0.172. The van der Waals surface area contributed by atoms with Crippen molar-refractivity contribution in [3.05, 3.63) is 46.4 Å². The van der Waals surface area contributed by atoms with Gasteiger partial charge in [0.25, 0.3) is 0 Å². The summed E-state index contributed by atoms with van der Waals surface area (Å²) >= 11 is 6.30. The predicted octanol–water partition coefficient (Wildman–Crippen LogP) is 3.02. The van der Waals surface area contributed by atoms with Crippen LogP contribution in [-0.4, -0.2) is 43.9 Å². The highest BCUT2D eigenvalue weighted by atomic mass is 35.5. The fraction of sp³-hybridized carbons (Fsp3) is 0.476. The summed E-state index contributed by atoms with van der Waals surface area (Å²) in [7, 11) is 0. The average molecular weight is 422 g/mol. The third-order valence-electron chi connectivity index (χ3n) is 4.52. The molecule has 3 rings (SSSR count). The van der Waals surface area contributed by atoms with Crippen LogP contribution >= 0.6 is 11.6 Å². The zero-order valence-corrected chi connectivity index (χ0v) is 17.8. The van der Waals surface area contributed by atoms with Crippen molar-refractivity contribution in [2.24, 2.45) is 4.99 Å². The number of nitrogens with one attached hydrogen (secondary N) is 2. The first-order chi connectivity index (χ1) is 13.9. The molecule has 3 N–H and O–H groups in total. The molecule has 2 aromatic rings.